The van der Waals surface area contributed by atoms with Crippen LogP contribution in [0, 0.1) is 0 Å². The van der Waals surface area contributed by atoms with E-state index in [-0.39, 0.29) is 0 Å². The van der Waals surface area contributed by atoms with Crippen molar-refractivity contribution >= 4 is 26.0 Å². The first-order valence-electron chi connectivity index (χ1n) is 5.44. The summed E-state index contributed by atoms with van der Waals surface area (Å²) in [5.41, 5.74) is 0. The van der Waals surface area contributed by atoms with E-state index in [1.165, 1.54) is 18.1 Å². The Balaban J connectivity index is 4.27. The van der Waals surface area contributed by atoms with Gasteiger partial charge in [-0.05, 0) is 0 Å². The summed E-state index contributed by atoms with van der Waals surface area (Å²) in [5.74, 6) is 0. The molecule has 74 valence electrons. The zero-order chi connectivity index (χ0) is 10.7. The van der Waals surface area contributed by atoms with Crippen LogP contribution in [-0.2, 0) is 0 Å². The van der Waals surface area contributed by atoms with Crippen molar-refractivity contribution in [3.8, 4) is 0 Å². The van der Waals surface area contributed by atoms with Gasteiger partial charge in [0.2, 0.25) is 0 Å². The first-order valence-corrected chi connectivity index (χ1v) is 8.39. The van der Waals surface area contributed by atoms with E-state index in [4.69, 9.17) is 0 Å². The Morgan fingerprint density at radius 3 is 2.00 bits per heavy atom. The summed E-state index contributed by atoms with van der Waals surface area (Å²) in [7, 11) is 1.09. The van der Waals surface area contributed by atoms with Gasteiger partial charge in [-0.25, -0.2) is 0 Å². The monoisotopic (exact) mass is 193 g/mol. The molecule has 0 saturated heterocycles. The van der Waals surface area contributed by atoms with Crippen molar-refractivity contribution in [1.29, 1.82) is 0 Å². The fraction of sp³-hybridized carbons (Fsp3) is 1.00. The molecule has 0 unspecified atom stereocenters. The molecule has 0 aliphatic carbocycles. The molecular formula is C10H24LiNSi. The summed E-state index contributed by atoms with van der Waals surface area (Å²) in [6.07, 6.45) is 1.34. The molecule has 0 aromatic heterocycles. The maximum atomic E-state index is 2.62. The van der Waals surface area contributed by atoms with Crippen LogP contribution < -0.4 is 0 Å². The molecule has 0 radical (unpaired) electrons. The molecule has 1 nitrogen and oxygen atoms in total. The first-order chi connectivity index (χ1) is 5.73. The molecule has 13 heavy (non-hydrogen) atoms. The molecule has 0 N–H and O–H groups in total. The summed E-state index contributed by atoms with van der Waals surface area (Å²) >= 11 is 2.26. The van der Waals surface area contributed by atoms with Gasteiger partial charge in [0.25, 0.3) is 0 Å². The second-order valence-corrected chi connectivity index (χ2v) is 11.0. The van der Waals surface area contributed by atoms with Crippen molar-refractivity contribution in [1.82, 2.24) is 4.57 Å². The second-order valence-electron chi connectivity index (χ2n) is 5.58. The Kier molecular flexibility index (Phi) is 5.32. The molecule has 0 heterocycles. The molecule has 0 rings (SSSR count). The molecule has 0 spiro atoms. The van der Waals surface area contributed by atoms with Gasteiger partial charge in [-0.15, -0.1) is 0 Å². The predicted octanol–water partition coefficient (Wildman–Crippen LogP) is 2.90. The quantitative estimate of drug-likeness (QED) is 0.621. The minimum atomic E-state index is -1.21. The molecular weight excluding hydrogens is 169 g/mol. The van der Waals surface area contributed by atoms with Crippen LogP contribution in [0.3, 0.4) is 0 Å². The number of hydrogen-bond donors (Lipinski definition) is 0. The molecule has 3 heteroatoms. The van der Waals surface area contributed by atoms with Gasteiger partial charge in [-0.2, -0.15) is 0 Å². The Morgan fingerprint density at radius 1 is 1.23 bits per heavy atom. The molecule has 0 fully saturated rings. The van der Waals surface area contributed by atoms with Crippen molar-refractivity contribution in [3.05, 3.63) is 0 Å². The molecule has 0 atom stereocenters. The molecule has 0 aliphatic rings. The maximum absolute atomic E-state index is 2.62. The van der Waals surface area contributed by atoms with Crippen LogP contribution in [0.5, 0.6) is 0 Å². The number of hydrogen-bond acceptors (Lipinski definition) is 1. The molecule has 0 aliphatic heterocycles. The van der Waals surface area contributed by atoms with Gasteiger partial charge in [0.05, 0.1) is 0 Å². The third-order valence-corrected chi connectivity index (χ3v) is 9.44. The standard InChI is InChI=1S/C10H24NSi.Li/c1-8-9-11(5)12(6,7)10(2,3)4;/h1,8-9H2,2-7H3;. The van der Waals surface area contributed by atoms with E-state index in [2.05, 4.69) is 63.2 Å². The van der Waals surface area contributed by atoms with Gasteiger partial charge in [-0.3, -0.25) is 0 Å². The third-order valence-electron chi connectivity index (χ3n) is 3.64. The molecule has 0 bridgehead atoms. The van der Waals surface area contributed by atoms with Gasteiger partial charge < -0.3 is 0 Å². The van der Waals surface area contributed by atoms with Crippen LogP contribution in [0.4, 0.5) is 0 Å². The zero-order valence-corrected chi connectivity index (χ0v) is 11.6. The summed E-state index contributed by atoms with van der Waals surface area (Å²) < 4.78 is 2.62. The van der Waals surface area contributed by atoms with Crippen LogP contribution in [0.15, 0.2) is 0 Å². The van der Waals surface area contributed by atoms with E-state index >= 15 is 0 Å². The average molecular weight is 193 g/mol. The van der Waals surface area contributed by atoms with Gasteiger partial charge >= 0.3 is 94.5 Å². The van der Waals surface area contributed by atoms with E-state index in [9.17, 15) is 0 Å². The fourth-order valence-corrected chi connectivity index (χ4v) is 3.11. The van der Waals surface area contributed by atoms with Crippen LogP contribution >= 0.6 is 0 Å². The topological polar surface area (TPSA) is 3.24 Å². The molecule has 0 aromatic rings. The Morgan fingerprint density at radius 2 is 1.69 bits per heavy atom. The van der Waals surface area contributed by atoms with Gasteiger partial charge in [0, 0.05) is 0 Å². The van der Waals surface area contributed by atoms with Crippen molar-refractivity contribution in [2.45, 2.75) is 50.4 Å². The van der Waals surface area contributed by atoms with Gasteiger partial charge in [0.15, 0.2) is 0 Å². The van der Waals surface area contributed by atoms with Crippen LogP contribution in [0.25, 0.3) is 0 Å². The molecule has 0 aromatic carbocycles. The SMILES string of the molecule is [Li][CH2]CCN(C)[Si](C)(C)C(C)(C)C. The first kappa shape index (κ1) is 13.8. The van der Waals surface area contributed by atoms with Crippen LogP contribution in [0.2, 0.25) is 23.2 Å². The van der Waals surface area contributed by atoms with Crippen molar-refractivity contribution in [2.75, 3.05) is 13.6 Å². The van der Waals surface area contributed by atoms with E-state index in [1.807, 2.05) is 0 Å². The number of nitrogens with zero attached hydrogens (tertiary/aromatic N) is 1. The summed E-state index contributed by atoms with van der Waals surface area (Å²) in [5, 5.41) is 1.79. The van der Waals surface area contributed by atoms with E-state index < -0.39 is 8.24 Å². The van der Waals surface area contributed by atoms with E-state index in [0.717, 1.165) is 0 Å². The number of rotatable bonds is 4. The Labute approximate surface area is 94.6 Å². The summed E-state index contributed by atoms with van der Waals surface area (Å²) in [4.78, 5) is 0. The Hall–Kier alpha value is 0.774. The van der Waals surface area contributed by atoms with Gasteiger partial charge in [-0.1, -0.05) is 0 Å². The average Bonchev–Trinajstić information content (AvgIpc) is 1.97. The fourth-order valence-electron chi connectivity index (χ4n) is 1.25. The van der Waals surface area contributed by atoms with Crippen molar-refractivity contribution in [2.24, 2.45) is 0 Å². The summed E-state index contributed by atoms with van der Waals surface area (Å²) in [6, 6.07) is 0. The minimum absolute atomic E-state index is 0.482. The Bertz CT molecular complexity index is 151. The summed E-state index contributed by atoms with van der Waals surface area (Å²) in [6.45, 7) is 13.4. The van der Waals surface area contributed by atoms with Gasteiger partial charge in [0.1, 0.15) is 0 Å². The van der Waals surface area contributed by atoms with Crippen LogP contribution in [0.1, 0.15) is 27.2 Å². The second kappa shape index (κ2) is 5.02. The zero-order valence-electron chi connectivity index (χ0n) is 10.6. The van der Waals surface area contributed by atoms with E-state index in [1.54, 1.807) is 0 Å². The molecule has 0 amide bonds. The third kappa shape index (κ3) is 3.79. The van der Waals surface area contributed by atoms with E-state index in [0.29, 0.717) is 5.04 Å². The van der Waals surface area contributed by atoms with Crippen molar-refractivity contribution in [3.63, 3.8) is 0 Å². The predicted molar refractivity (Wildman–Crippen MR) is 65.0 cm³/mol. The van der Waals surface area contributed by atoms with Crippen molar-refractivity contribution < 1.29 is 0 Å². The molecule has 0 saturated carbocycles. The van der Waals surface area contributed by atoms with Crippen LogP contribution in [-0.4, -0.2) is 44.1 Å². The normalized spacial score (nSPS) is 13.9.